The number of fused-ring (bicyclic) bond motifs is 2. The normalized spacial score (nSPS) is 10.3. The molecule has 8 N–H and O–H groups in total. The Hall–Kier alpha value is -4.15. The van der Waals surface area contributed by atoms with Crippen molar-refractivity contribution in [3.05, 3.63) is 112 Å². The fraction of sp³-hybridized carbons (Fsp3) is 0.176. The first-order chi connectivity index (χ1) is 22.8. The van der Waals surface area contributed by atoms with Crippen molar-refractivity contribution in [1.82, 2.24) is 19.9 Å². The van der Waals surface area contributed by atoms with Crippen LogP contribution >= 0.6 is 47.6 Å². The van der Waals surface area contributed by atoms with Gasteiger partial charge in [-0.2, -0.15) is 4.99 Å². The van der Waals surface area contributed by atoms with Gasteiger partial charge in [0.25, 0.3) is 0 Å². The first-order valence-corrected chi connectivity index (χ1v) is 15.6. The molecule has 8 nitrogen and oxygen atoms in total. The molecule has 0 aliphatic heterocycles. The van der Waals surface area contributed by atoms with Crippen LogP contribution in [0.3, 0.4) is 0 Å². The molecule has 0 amide bonds. The van der Waals surface area contributed by atoms with Crippen LogP contribution in [0, 0.1) is 0 Å². The molecule has 238 valence electrons. The molecule has 0 spiro atoms. The number of nitrogens with one attached hydrogen (secondary N) is 2. The van der Waals surface area contributed by atoms with Crippen LogP contribution in [-0.4, -0.2) is 30.0 Å². The summed E-state index contributed by atoms with van der Waals surface area (Å²) in [6.07, 6.45) is 10.8. The molecule has 0 fully saturated rings. The average Bonchev–Trinajstić information content (AvgIpc) is 3.76. The molecule has 0 atom stereocenters. The van der Waals surface area contributed by atoms with Crippen molar-refractivity contribution in [2.75, 3.05) is 11.5 Å². The second-order valence-corrected chi connectivity index (χ2v) is 11.5. The number of aliphatic imine (C=N–C) groups is 1. The summed E-state index contributed by atoms with van der Waals surface area (Å²) in [6, 6.07) is 18.8. The molecule has 46 heavy (non-hydrogen) atoms. The molecule has 12 heteroatoms. The van der Waals surface area contributed by atoms with Gasteiger partial charge in [-0.05, 0) is 108 Å². The van der Waals surface area contributed by atoms with Crippen LogP contribution < -0.4 is 17.2 Å². The number of H-pyrrole nitrogens is 2. The molecule has 0 saturated carbocycles. The fourth-order valence-electron chi connectivity index (χ4n) is 4.55. The van der Waals surface area contributed by atoms with Gasteiger partial charge in [0.1, 0.15) is 11.3 Å². The lowest BCUT2D eigenvalue weighted by atomic mass is 10.0. The molecule has 4 heterocycles. The zero-order valence-electron chi connectivity index (χ0n) is 26.3. The predicted octanol–water partition coefficient (Wildman–Crippen LogP) is 9.05. The summed E-state index contributed by atoms with van der Waals surface area (Å²) in [5.41, 5.74) is 24.2. The number of hydrogen-bond donors (Lipinski definition) is 5. The first kappa shape index (κ1) is 34.7. The van der Waals surface area contributed by atoms with Gasteiger partial charge in [-0.3, -0.25) is 0 Å². The van der Waals surface area contributed by atoms with Crippen molar-refractivity contribution < 1.29 is 1.37 Å². The van der Waals surface area contributed by atoms with E-state index < -0.39 is 0 Å². The Morgan fingerprint density at radius 2 is 1.35 bits per heavy atom. The number of nitrogen functional groups attached to an aromatic ring is 2. The summed E-state index contributed by atoms with van der Waals surface area (Å²) in [5, 5.41) is 5.79. The number of aryl methyl sites for hydroxylation is 2. The maximum Gasteiger partial charge on any atom is 0.139 e. The van der Waals surface area contributed by atoms with Crippen molar-refractivity contribution in [2.45, 2.75) is 39.6 Å². The van der Waals surface area contributed by atoms with E-state index in [1.807, 2.05) is 42.9 Å². The summed E-state index contributed by atoms with van der Waals surface area (Å²) >= 11 is 21.6. The van der Waals surface area contributed by atoms with Crippen LogP contribution in [0.25, 0.3) is 22.1 Å². The molecule has 0 saturated heterocycles. The number of anilines is 2. The van der Waals surface area contributed by atoms with Crippen molar-refractivity contribution in [2.24, 2.45) is 10.7 Å². The van der Waals surface area contributed by atoms with E-state index in [0.29, 0.717) is 22.3 Å². The summed E-state index contributed by atoms with van der Waals surface area (Å²) in [7, 11) is 1.25. The highest BCUT2D eigenvalue weighted by molar-refractivity contribution is 7.80. The van der Waals surface area contributed by atoms with Crippen LogP contribution in [0.2, 0.25) is 10.0 Å². The van der Waals surface area contributed by atoms with Gasteiger partial charge < -0.3 is 27.2 Å². The van der Waals surface area contributed by atoms with E-state index in [1.165, 1.54) is 18.4 Å². The van der Waals surface area contributed by atoms with Crippen molar-refractivity contribution in [1.29, 1.82) is 0 Å². The molecule has 0 aliphatic rings. The van der Waals surface area contributed by atoms with Gasteiger partial charge in [-0.15, -0.1) is 0 Å². The highest BCUT2D eigenvalue weighted by Gasteiger charge is 2.07. The monoisotopic (exact) mass is 691 g/mol. The fourth-order valence-corrected chi connectivity index (χ4v) is 5.21. The Kier molecular flexibility index (Phi) is 13.7. The van der Waals surface area contributed by atoms with Gasteiger partial charge in [-0.1, -0.05) is 55.0 Å². The highest BCUT2D eigenvalue weighted by Crippen LogP contribution is 2.23. The highest BCUT2D eigenvalue weighted by atomic mass is 35.5. The summed E-state index contributed by atoms with van der Waals surface area (Å²) in [5.74, 6) is 0. The van der Waals surface area contributed by atoms with Crippen molar-refractivity contribution in [3.63, 3.8) is 0 Å². The van der Waals surface area contributed by atoms with Crippen LogP contribution in [0.1, 0.15) is 38.3 Å². The third-order valence-electron chi connectivity index (χ3n) is 6.94. The average molecular weight is 693 g/mol. The Balaban J connectivity index is 0.000000209. The lowest BCUT2D eigenvalue weighted by Crippen LogP contribution is -2.02. The number of nitrogens with zero attached hydrogens (tertiary/aromatic N) is 3. The number of aromatic amines is 2. The topological polar surface area (TPSA) is 148 Å². The number of rotatable bonds is 8. The van der Waals surface area contributed by atoms with Crippen LogP contribution in [0.5, 0.6) is 0 Å². The molecule has 0 bridgehead atoms. The van der Waals surface area contributed by atoms with Gasteiger partial charge in [0, 0.05) is 64.9 Å². The second-order valence-electron chi connectivity index (χ2n) is 9.91. The van der Waals surface area contributed by atoms with E-state index in [9.17, 15) is 0 Å². The third-order valence-corrected chi connectivity index (χ3v) is 7.91. The van der Waals surface area contributed by atoms with Crippen LogP contribution in [-0.2, 0) is 19.4 Å². The van der Waals surface area contributed by atoms with Gasteiger partial charge in [0.2, 0.25) is 0 Å². The number of halogens is 2. The molecule has 0 unspecified atom stereocenters. The number of isothiocyanates is 1. The Labute approximate surface area is 290 Å². The number of benzene rings is 2. The molecule has 2 aromatic carbocycles. The summed E-state index contributed by atoms with van der Waals surface area (Å²) in [6.45, 7) is 0.461. The van der Waals surface area contributed by atoms with E-state index in [0.717, 1.165) is 69.7 Å². The van der Waals surface area contributed by atoms with Gasteiger partial charge in [0.15, 0.2) is 0 Å². The predicted molar refractivity (Wildman–Crippen MR) is 202 cm³/mol. The minimum Gasteiger partial charge on any atom is -0.398 e. The Morgan fingerprint density at radius 1 is 0.804 bits per heavy atom. The molecular formula is C34H36Cl2N8S2. The second kappa shape index (κ2) is 18.1. The molecule has 6 rings (SSSR count). The van der Waals surface area contributed by atoms with Gasteiger partial charge in [-0.25, -0.2) is 9.97 Å². The number of hydrogen-bond acceptors (Lipinski definition) is 8. The van der Waals surface area contributed by atoms with E-state index in [1.54, 1.807) is 30.5 Å². The lowest BCUT2D eigenvalue weighted by molar-refractivity contribution is 0.981. The summed E-state index contributed by atoms with van der Waals surface area (Å²) < 4.78 is 5.75. The quantitative estimate of drug-likeness (QED) is 0.0607. The molecule has 4 aromatic heterocycles. The van der Waals surface area contributed by atoms with Crippen LogP contribution in [0.4, 0.5) is 17.1 Å². The van der Waals surface area contributed by atoms with Crippen molar-refractivity contribution in [3.8, 4) is 0 Å². The number of aromatic nitrogens is 4. The Morgan fingerprint density at radius 3 is 1.93 bits per heavy atom. The van der Waals surface area contributed by atoms with Gasteiger partial charge >= 0.3 is 0 Å². The maximum atomic E-state index is 5.98. The molecular weight excluding hydrogens is 655 g/mol. The zero-order valence-corrected chi connectivity index (χ0v) is 28.4. The van der Waals surface area contributed by atoms with Crippen LogP contribution in [0.15, 0.2) is 90.4 Å². The lowest BCUT2D eigenvalue weighted by Gasteiger charge is -2.08. The SMILES string of the molecule is NCc1ccc(Cl)cc1N.Nc1cc(Cl)ccc1CCC(=S)CCc1ccnc2[nH]ccc12.S=C=Nc1ccnc2[nH]ccc12.[2H]C. The first-order valence-electron chi connectivity index (χ1n) is 15.0. The maximum absolute atomic E-state index is 5.98. The van der Waals surface area contributed by atoms with E-state index >= 15 is 0 Å². The van der Waals surface area contributed by atoms with Gasteiger partial charge in [0.05, 0.1) is 10.8 Å². The van der Waals surface area contributed by atoms with Crippen molar-refractivity contribution >= 4 is 96.8 Å². The smallest absolute Gasteiger partial charge is 0.139 e. The molecule has 0 aliphatic carbocycles. The number of thiocarbonyl (C=S) groups is 2. The largest absolute Gasteiger partial charge is 0.398 e. The molecule has 0 radical (unpaired) electrons. The number of pyridine rings is 2. The minimum atomic E-state index is 0.461. The van der Waals surface area contributed by atoms with E-state index in [2.05, 4.69) is 54.4 Å². The van der Waals surface area contributed by atoms with E-state index in [-0.39, 0.29) is 0 Å². The summed E-state index contributed by atoms with van der Waals surface area (Å²) in [4.78, 5) is 19.5. The Bertz CT molecular complexity index is 1950. The van der Waals surface area contributed by atoms with E-state index in [4.69, 9.17) is 54.0 Å². The third kappa shape index (κ3) is 10.2. The molecule has 6 aromatic rings. The standard InChI is InChI=1S/C18H18ClN3S.C8H5N3S.C7H9ClN2.CH4/c19-14-4-1-13(17(20)11-14)3-6-15(23)5-2-12-7-9-21-18-16(12)8-10-22-18;12-5-11-7-2-4-10-8-6(7)1-3-9-8;8-6-2-1-5(4-9)7(10)3-6;/h1,4,7-11H,2-3,5-6,20H2,(H,21,22);1-4H,(H,9,10);1-3H,4,9-10H2;1H4/i;;;1D. The zero-order chi connectivity index (χ0) is 34.2. The minimum absolute atomic E-state index is 0.461. The number of nitrogens with two attached hydrogens (primary N) is 3.